The van der Waals surface area contributed by atoms with Crippen LogP contribution in [0.1, 0.15) is 32.3 Å². The number of hydrogen-bond donors (Lipinski definition) is 1. The van der Waals surface area contributed by atoms with Crippen molar-refractivity contribution in [2.75, 3.05) is 12.8 Å². The second kappa shape index (κ2) is 8.77. The standard InChI is InChI=1S/C11H15NO2.C2H6/c1-14-11(13)8-4-6-9-5-2-3-7-10(9)12;1-2/h2-3,5,7H,4,6,8,12H2,1H3;1-2H3. The molecule has 0 amide bonds. The van der Waals surface area contributed by atoms with Crippen molar-refractivity contribution in [1.82, 2.24) is 0 Å². The number of nitrogen functional groups attached to an aromatic ring is 1. The molecule has 2 N–H and O–H groups in total. The lowest BCUT2D eigenvalue weighted by Crippen LogP contribution is -2.01. The van der Waals surface area contributed by atoms with Crippen LogP contribution in [0, 0.1) is 0 Å². The third kappa shape index (κ3) is 5.39. The summed E-state index contributed by atoms with van der Waals surface area (Å²) in [5.74, 6) is -0.167. The van der Waals surface area contributed by atoms with Gasteiger partial charge in [0.1, 0.15) is 0 Å². The van der Waals surface area contributed by atoms with Crippen molar-refractivity contribution in [2.45, 2.75) is 33.1 Å². The first kappa shape index (κ1) is 14.5. The molecule has 0 saturated heterocycles. The number of hydrogen-bond acceptors (Lipinski definition) is 3. The third-order valence-corrected chi connectivity index (χ3v) is 2.11. The molecule has 0 unspecified atom stereocenters. The van der Waals surface area contributed by atoms with Crippen LogP contribution in [0.15, 0.2) is 24.3 Å². The number of methoxy groups -OCH3 is 1. The lowest BCUT2D eigenvalue weighted by atomic mass is 10.1. The van der Waals surface area contributed by atoms with E-state index in [9.17, 15) is 4.79 Å². The predicted octanol–water partition coefficient (Wildman–Crippen LogP) is 2.79. The molecule has 0 atom stereocenters. The van der Waals surface area contributed by atoms with Crippen LogP contribution in [0.5, 0.6) is 0 Å². The number of ether oxygens (including phenoxy) is 1. The Kier molecular flexibility index (Phi) is 7.94. The molecule has 1 aromatic carbocycles. The van der Waals surface area contributed by atoms with Crippen LogP contribution in [0.2, 0.25) is 0 Å². The van der Waals surface area contributed by atoms with Gasteiger partial charge in [0, 0.05) is 12.1 Å². The fraction of sp³-hybridized carbons (Fsp3) is 0.462. The normalized spacial score (nSPS) is 8.94. The summed E-state index contributed by atoms with van der Waals surface area (Å²) in [4.78, 5) is 10.8. The van der Waals surface area contributed by atoms with Gasteiger partial charge in [-0.2, -0.15) is 0 Å². The molecule has 3 heteroatoms. The van der Waals surface area contributed by atoms with Gasteiger partial charge in [-0.05, 0) is 24.5 Å². The zero-order valence-corrected chi connectivity index (χ0v) is 10.3. The van der Waals surface area contributed by atoms with E-state index in [0.29, 0.717) is 6.42 Å². The summed E-state index contributed by atoms with van der Waals surface area (Å²) in [5.41, 5.74) is 7.64. The second-order valence-electron chi connectivity index (χ2n) is 3.13. The van der Waals surface area contributed by atoms with Gasteiger partial charge in [0.15, 0.2) is 0 Å². The highest BCUT2D eigenvalue weighted by Crippen LogP contribution is 2.13. The van der Waals surface area contributed by atoms with Crippen molar-refractivity contribution in [1.29, 1.82) is 0 Å². The molecule has 0 aliphatic heterocycles. The first-order valence-electron chi connectivity index (χ1n) is 5.64. The topological polar surface area (TPSA) is 52.3 Å². The number of anilines is 1. The molecule has 0 aliphatic rings. The highest BCUT2D eigenvalue weighted by atomic mass is 16.5. The summed E-state index contributed by atoms with van der Waals surface area (Å²) in [5, 5.41) is 0. The van der Waals surface area contributed by atoms with Gasteiger partial charge in [-0.15, -0.1) is 0 Å². The Hall–Kier alpha value is -1.51. The van der Waals surface area contributed by atoms with E-state index in [1.807, 2.05) is 38.1 Å². The van der Waals surface area contributed by atoms with E-state index in [4.69, 9.17) is 5.73 Å². The van der Waals surface area contributed by atoms with Crippen LogP contribution in [-0.4, -0.2) is 13.1 Å². The molecule has 0 heterocycles. The third-order valence-electron chi connectivity index (χ3n) is 2.11. The fourth-order valence-electron chi connectivity index (χ4n) is 1.29. The van der Waals surface area contributed by atoms with Gasteiger partial charge in [0.05, 0.1) is 7.11 Å². The van der Waals surface area contributed by atoms with Crippen molar-refractivity contribution in [3.05, 3.63) is 29.8 Å². The lowest BCUT2D eigenvalue weighted by molar-refractivity contribution is -0.140. The SMILES string of the molecule is CC.COC(=O)CCCc1ccccc1N. The van der Waals surface area contributed by atoms with Gasteiger partial charge < -0.3 is 10.5 Å². The molecule has 0 saturated carbocycles. The van der Waals surface area contributed by atoms with Crippen molar-refractivity contribution >= 4 is 11.7 Å². The molecule has 0 aromatic heterocycles. The molecule has 1 rings (SSSR count). The van der Waals surface area contributed by atoms with E-state index in [1.54, 1.807) is 0 Å². The molecular formula is C13H21NO2. The van der Waals surface area contributed by atoms with E-state index in [1.165, 1.54) is 7.11 Å². The van der Waals surface area contributed by atoms with Crippen LogP contribution in [0.25, 0.3) is 0 Å². The molecule has 0 aliphatic carbocycles. The minimum Gasteiger partial charge on any atom is -0.469 e. The summed E-state index contributed by atoms with van der Waals surface area (Å²) in [6, 6.07) is 7.70. The van der Waals surface area contributed by atoms with Crippen LogP contribution in [-0.2, 0) is 16.0 Å². The predicted molar refractivity (Wildman–Crippen MR) is 67.2 cm³/mol. The number of carbonyl (C=O) groups is 1. The Morgan fingerprint density at radius 1 is 1.31 bits per heavy atom. The van der Waals surface area contributed by atoms with Gasteiger partial charge in [-0.25, -0.2) is 0 Å². The molecule has 1 aromatic rings. The van der Waals surface area contributed by atoms with E-state index >= 15 is 0 Å². The molecule has 0 radical (unpaired) electrons. The number of para-hydroxylation sites is 1. The number of esters is 1. The quantitative estimate of drug-likeness (QED) is 0.630. The zero-order chi connectivity index (χ0) is 12.4. The minimum absolute atomic E-state index is 0.167. The summed E-state index contributed by atoms with van der Waals surface area (Å²) >= 11 is 0. The first-order valence-corrected chi connectivity index (χ1v) is 5.64. The van der Waals surface area contributed by atoms with E-state index in [0.717, 1.165) is 24.1 Å². The van der Waals surface area contributed by atoms with Crippen molar-refractivity contribution in [2.24, 2.45) is 0 Å². The first-order chi connectivity index (χ1) is 7.74. The van der Waals surface area contributed by atoms with Crippen molar-refractivity contribution in [3.8, 4) is 0 Å². The fourth-order valence-corrected chi connectivity index (χ4v) is 1.29. The lowest BCUT2D eigenvalue weighted by Gasteiger charge is -2.03. The molecular weight excluding hydrogens is 202 g/mol. The number of nitrogens with two attached hydrogens (primary N) is 1. The highest BCUT2D eigenvalue weighted by molar-refractivity contribution is 5.69. The number of benzene rings is 1. The van der Waals surface area contributed by atoms with Crippen LogP contribution < -0.4 is 5.73 Å². The van der Waals surface area contributed by atoms with Crippen molar-refractivity contribution < 1.29 is 9.53 Å². The summed E-state index contributed by atoms with van der Waals surface area (Å²) < 4.78 is 4.55. The maximum atomic E-state index is 10.8. The van der Waals surface area contributed by atoms with E-state index in [-0.39, 0.29) is 5.97 Å². The number of aryl methyl sites for hydroxylation is 1. The zero-order valence-electron chi connectivity index (χ0n) is 10.3. The Bertz CT molecular complexity index is 311. The molecule has 3 nitrogen and oxygen atoms in total. The average Bonchev–Trinajstić information content (AvgIpc) is 2.34. The number of rotatable bonds is 4. The van der Waals surface area contributed by atoms with E-state index < -0.39 is 0 Å². The Morgan fingerprint density at radius 3 is 2.50 bits per heavy atom. The van der Waals surface area contributed by atoms with Crippen molar-refractivity contribution in [3.63, 3.8) is 0 Å². The Labute approximate surface area is 97.6 Å². The maximum Gasteiger partial charge on any atom is 0.305 e. The van der Waals surface area contributed by atoms with Gasteiger partial charge in [0.25, 0.3) is 0 Å². The van der Waals surface area contributed by atoms with Gasteiger partial charge in [0.2, 0.25) is 0 Å². The number of carbonyl (C=O) groups excluding carboxylic acids is 1. The molecule has 0 bridgehead atoms. The summed E-state index contributed by atoms with van der Waals surface area (Å²) in [6.45, 7) is 4.00. The van der Waals surface area contributed by atoms with E-state index in [2.05, 4.69) is 4.74 Å². The molecule has 0 spiro atoms. The van der Waals surface area contributed by atoms with Gasteiger partial charge >= 0.3 is 5.97 Å². The largest absolute Gasteiger partial charge is 0.469 e. The second-order valence-corrected chi connectivity index (χ2v) is 3.13. The average molecular weight is 223 g/mol. The van der Waals surface area contributed by atoms with Gasteiger partial charge in [-0.3, -0.25) is 4.79 Å². The maximum absolute atomic E-state index is 10.8. The molecule has 90 valence electrons. The van der Waals surface area contributed by atoms with Crippen LogP contribution >= 0.6 is 0 Å². The Morgan fingerprint density at radius 2 is 1.94 bits per heavy atom. The molecule has 0 fully saturated rings. The van der Waals surface area contributed by atoms with Crippen LogP contribution in [0.3, 0.4) is 0 Å². The van der Waals surface area contributed by atoms with Crippen LogP contribution in [0.4, 0.5) is 5.69 Å². The van der Waals surface area contributed by atoms with Gasteiger partial charge in [-0.1, -0.05) is 32.0 Å². The smallest absolute Gasteiger partial charge is 0.305 e. The highest BCUT2D eigenvalue weighted by Gasteiger charge is 2.01. The molecule has 16 heavy (non-hydrogen) atoms. The monoisotopic (exact) mass is 223 g/mol. The Balaban J connectivity index is 0.00000106. The minimum atomic E-state index is -0.167. The summed E-state index contributed by atoms with van der Waals surface area (Å²) in [6.07, 6.45) is 2.05. The summed E-state index contributed by atoms with van der Waals surface area (Å²) in [7, 11) is 1.40.